The van der Waals surface area contributed by atoms with Gasteiger partial charge in [-0.3, -0.25) is 24.6 Å². The summed E-state index contributed by atoms with van der Waals surface area (Å²) in [7, 11) is 0. The van der Waals surface area contributed by atoms with Gasteiger partial charge in [0, 0.05) is 12.3 Å². The number of benzene rings is 1. The van der Waals surface area contributed by atoms with Gasteiger partial charge < -0.3 is 5.11 Å². The monoisotopic (exact) mass is 468 g/mol. The van der Waals surface area contributed by atoms with E-state index in [9.17, 15) is 19.5 Å². The molecule has 1 saturated heterocycles. The van der Waals surface area contributed by atoms with Crippen LogP contribution < -0.4 is 10.3 Å². The van der Waals surface area contributed by atoms with Gasteiger partial charge in [-0.25, -0.2) is 5.01 Å². The molecule has 2 fully saturated rings. The summed E-state index contributed by atoms with van der Waals surface area (Å²) in [5.74, 6) is 0.239. The number of carbonyl (C=O) groups excluding carboxylic acids is 3. The first-order valence-electron chi connectivity index (χ1n) is 12.6. The van der Waals surface area contributed by atoms with Gasteiger partial charge in [-0.15, -0.1) is 0 Å². The number of amides is 3. The maximum atomic E-state index is 13.0. The number of hydrazone groups is 1. The summed E-state index contributed by atoms with van der Waals surface area (Å²) in [5, 5.41) is 19.1. The predicted molar refractivity (Wildman–Crippen MR) is 130 cm³/mol. The van der Waals surface area contributed by atoms with Crippen molar-refractivity contribution in [1.29, 1.82) is 0 Å². The van der Waals surface area contributed by atoms with E-state index in [4.69, 9.17) is 0 Å². The number of rotatable bonds is 10. The molecule has 5 atom stereocenters. The minimum absolute atomic E-state index is 0.00551. The summed E-state index contributed by atoms with van der Waals surface area (Å²) in [4.78, 5) is 39.4. The average Bonchev–Trinajstić information content (AvgIpc) is 3.42. The fourth-order valence-electron chi connectivity index (χ4n) is 5.77. The highest BCUT2D eigenvalue weighted by molar-refractivity contribution is 6.12. The lowest BCUT2D eigenvalue weighted by Gasteiger charge is -2.20. The van der Waals surface area contributed by atoms with Gasteiger partial charge in [0.1, 0.15) is 6.23 Å². The first-order chi connectivity index (χ1) is 16.3. The number of fused-ring (bicyclic) bond motifs is 1. The van der Waals surface area contributed by atoms with Crippen LogP contribution in [-0.2, 0) is 14.4 Å². The predicted octanol–water partition coefficient (Wildman–Crippen LogP) is 3.22. The number of nitrogens with zero attached hydrogens (tertiary/aromatic N) is 3. The Kier molecular flexibility index (Phi) is 7.48. The summed E-state index contributed by atoms with van der Waals surface area (Å²) < 4.78 is 0. The molecule has 3 aliphatic rings. The minimum Gasteiger partial charge on any atom is -0.374 e. The molecular formula is C26H36N4O4. The number of aliphatic hydroxyl groups is 1. The number of nitrogens with one attached hydrogen (secondary N) is 1. The van der Waals surface area contributed by atoms with Crippen molar-refractivity contribution in [2.45, 2.75) is 65.5 Å². The average molecular weight is 469 g/mol. The standard InChI is InChI=1S/C26H36N4O4/c1-4-5-7-19-14-16(2)22-23(19)26(34)29(25(22)33)13-6-12-27-24(32)18-8-10-20(11-9-18)30-21(31)15-17(3)28-30/h8-11,16,19,22-24,27,32H,4-7,12-15H2,1-3H3/t16?,19?,22-,23?,24?/m1/s1. The Morgan fingerprint density at radius 1 is 1.12 bits per heavy atom. The van der Waals surface area contributed by atoms with E-state index in [1.807, 2.05) is 6.92 Å². The van der Waals surface area contributed by atoms with Crippen molar-refractivity contribution in [1.82, 2.24) is 10.2 Å². The van der Waals surface area contributed by atoms with Crippen LogP contribution in [0.5, 0.6) is 0 Å². The van der Waals surface area contributed by atoms with E-state index in [1.54, 1.807) is 24.3 Å². The Morgan fingerprint density at radius 2 is 1.82 bits per heavy atom. The van der Waals surface area contributed by atoms with Gasteiger partial charge in [-0.05, 0) is 62.3 Å². The van der Waals surface area contributed by atoms with Gasteiger partial charge in [0.2, 0.25) is 11.8 Å². The van der Waals surface area contributed by atoms with Crippen molar-refractivity contribution in [3.63, 3.8) is 0 Å². The van der Waals surface area contributed by atoms with E-state index < -0.39 is 6.23 Å². The molecule has 1 aliphatic carbocycles. The number of carbonyl (C=O) groups is 3. The van der Waals surface area contributed by atoms with E-state index in [2.05, 4.69) is 24.3 Å². The zero-order valence-electron chi connectivity index (χ0n) is 20.4. The van der Waals surface area contributed by atoms with Crippen molar-refractivity contribution in [2.75, 3.05) is 18.1 Å². The molecule has 4 rings (SSSR count). The largest absolute Gasteiger partial charge is 0.374 e. The normalized spacial score (nSPS) is 27.5. The lowest BCUT2D eigenvalue weighted by molar-refractivity contribution is -0.141. The molecule has 4 unspecified atom stereocenters. The van der Waals surface area contributed by atoms with Crippen molar-refractivity contribution in [2.24, 2.45) is 28.8 Å². The highest BCUT2D eigenvalue weighted by atomic mass is 16.3. The summed E-state index contributed by atoms with van der Waals surface area (Å²) in [5.41, 5.74) is 2.12. The molecule has 2 aliphatic heterocycles. The quantitative estimate of drug-likeness (QED) is 0.312. The van der Waals surface area contributed by atoms with Crippen LogP contribution >= 0.6 is 0 Å². The van der Waals surface area contributed by atoms with Gasteiger partial charge >= 0.3 is 0 Å². The Balaban J connectivity index is 1.26. The molecule has 1 aromatic carbocycles. The number of likely N-dealkylation sites (tertiary alicyclic amines) is 1. The van der Waals surface area contributed by atoms with Crippen LogP contribution in [0.2, 0.25) is 0 Å². The van der Waals surface area contributed by atoms with Crippen molar-refractivity contribution >= 4 is 29.1 Å². The fourth-order valence-corrected chi connectivity index (χ4v) is 5.77. The zero-order chi connectivity index (χ0) is 24.4. The first kappa shape index (κ1) is 24.5. The number of hydrogen-bond donors (Lipinski definition) is 2. The SMILES string of the molecule is CCCCC1CC(C)[C@H]2C(=O)N(CCCNC(O)c3ccc(N4N=C(C)CC4=O)cc3)C(=O)C12. The number of imide groups is 1. The molecular weight excluding hydrogens is 432 g/mol. The second kappa shape index (κ2) is 10.4. The molecule has 8 heteroatoms. The summed E-state index contributed by atoms with van der Waals surface area (Å²) in [6.45, 7) is 6.93. The Labute approximate surface area is 201 Å². The fraction of sp³-hybridized carbons (Fsp3) is 0.615. The lowest BCUT2D eigenvalue weighted by atomic mass is 9.87. The van der Waals surface area contributed by atoms with Crippen molar-refractivity contribution < 1.29 is 19.5 Å². The molecule has 2 N–H and O–H groups in total. The molecule has 2 heterocycles. The van der Waals surface area contributed by atoms with Gasteiger partial charge in [-0.2, -0.15) is 5.10 Å². The van der Waals surface area contributed by atoms with E-state index >= 15 is 0 Å². The second-order valence-electron chi connectivity index (χ2n) is 10.0. The molecule has 0 radical (unpaired) electrons. The molecule has 34 heavy (non-hydrogen) atoms. The molecule has 0 spiro atoms. The highest BCUT2D eigenvalue weighted by Crippen LogP contribution is 2.49. The zero-order valence-corrected chi connectivity index (χ0v) is 20.4. The molecule has 3 amide bonds. The molecule has 0 aromatic heterocycles. The topological polar surface area (TPSA) is 102 Å². The van der Waals surface area contributed by atoms with E-state index in [-0.39, 0.29) is 35.5 Å². The maximum absolute atomic E-state index is 13.0. The van der Waals surface area contributed by atoms with Crippen LogP contribution in [0.3, 0.4) is 0 Å². The third-order valence-corrected chi connectivity index (χ3v) is 7.48. The molecule has 0 bridgehead atoms. The minimum atomic E-state index is -0.878. The van der Waals surface area contributed by atoms with Crippen LogP contribution in [-0.4, -0.2) is 46.5 Å². The summed E-state index contributed by atoms with van der Waals surface area (Å²) in [6.07, 6.45) is 4.24. The molecule has 8 nitrogen and oxygen atoms in total. The smallest absolute Gasteiger partial charge is 0.253 e. The number of anilines is 1. The van der Waals surface area contributed by atoms with E-state index in [0.29, 0.717) is 43.1 Å². The second-order valence-corrected chi connectivity index (χ2v) is 10.0. The third-order valence-electron chi connectivity index (χ3n) is 7.48. The van der Waals surface area contributed by atoms with Crippen LogP contribution in [0.25, 0.3) is 0 Å². The molecule has 184 valence electrons. The summed E-state index contributed by atoms with van der Waals surface area (Å²) >= 11 is 0. The van der Waals surface area contributed by atoms with E-state index in [0.717, 1.165) is 31.4 Å². The Hall–Kier alpha value is -2.58. The van der Waals surface area contributed by atoms with Crippen LogP contribution in [0, 0.1) is 23.7 Å². The highest BCUT2D eigenvalue weighted by Gasteiger charge is 2.56. The van der Waals surface area contributed by atoms with Crippen molar-refractivity contribution in [3.05, 3.63) is 29.8 Å². The van der Waals surface area contributed by atoms with Gasteiger partial charge in [0.15, 0.2) is 0 Å². The Morgan fingerprint density at radius 3 is 2.47 bits per heavy atom. The molecule has 1 aromatic rings. The Bertz CT molecular complexity index is 960. The lowest BCUT2D eigenvalue weighted by Crippen LogP contribution is -2.36. The van der Waals surface area contributed by atoms with Gasteiger partial charge in [-0.1, -0.05) is 38.8 Å². The number of aliphatic hydroxyl groups excluding tert-OH is 1. The number of hydrogen-bond acceptors (Lipinski definition) is 6. The van der Waals surface area contributed by atoms with Gasteiger partial charge in [0.25, 0.3) is 5.91 Å². The summed E-state index contributed by atoms with van der Waals surface area (Å²) in [6, 6.07) is 7.04. The first-order valence-corrected chi connectivity index (χ1v) is 12.6. The maximum Gasteiger partial charge on any atom is 0.253 e. The van der Waals surface area contributed by atoms with Crippen LogP contribution in [0.1, 0.15) is 71.1 Å². The third kappa shape index (κ3) is 4.79. The van der Waals surface area contributed by atoms with E-state index in [1.165, 1.54) is 9.91 Å². The van der Waals surface area contributed by atoms with Crippen LogP contribution in [0.4, 0.5) is 5.69 Å². The molecule has 1 saturated carbocycles. The number of unbranched alkanes of at least 4 members (excludes halogenated alkanes) is 1. The van der Waals surface area contributed by atoms with Gasteiger partial charge in [0.05, 0.1) is 23.9 Å². The van der Waals surface area contributed by atoms with Crippen molar-refractivity contribution in [3.8, 4) is 0 Å². The van der Waals surface area contributed by atoms with Crippen LogP contribution in [0.15, 0.2) is 29.4 Å².